The molecule has 0 aromatic heterocycles. The second-order valence-corrected chi connectivity index (χ2v) is 4.38. The topological polar surface area (TPSA) is 74.6 Å². The van der Waals surface area contributed by atoms with Gasteiger partial charge in [-0.05, 0) is 24.3 Å². The fourth-order valence-electron chi connectivity index (χ4n) is 1.27. The molecule has 0 spiro atoms. The van der Waals surface area contributed by atoms with Crippen molar-refractivity contribution in [3.8, 4) is 0 Å². The SMILES string of the molecule is O=C(O)c1ccccc1Cl.O=C(O)c1ccccc1Cl.[Ni]. The molecule has 7 heteroatoms. The fraction of sp³-hybridized carbons (Fsp3) is 0. The van der Waals surface area contributed by atoms with E-state index in [-0.39, 0.29) is 37.7 Å². The third-order valence-corrected chi connectivity index (χ3v) is 2.87. The minimum Gasteiger partial charge on any atom is -0.478 e. The van der Waals surface area contributed by atoms with Gasteiger partial charge in [0.05, 0.1) is 21.2 Å². The van der Waals surface area contributed by atoms with Crippen LogP contribution in [0.4, 0.5) is 0 Å². The molecular formula is C14H10Cl2NiO4. The maximum Gasteiger partial charge on any atom is 0.337 e. The first-order valence-electron chi connectivity index (χ1n) is 5.39. The molecule has 0 aliphatic rings. The van der Waals surface area contributed by atoms with Crippen LogP contribution < -0.4 is 0 Å². The maximum atomic E-state index is 10.3. The van der Waals surface area contributed by atoms with Gasteiger partial charge in [0.2, 0.25) is 0 Å². The average Bonchev–Trinajstić information content (AvgIpc) is 2.40. The molecule has 2 aromatic carbocycles. The van der Waals surface area contributed by atoms with Crippen molar-refractivity contribution in [1.82, 2.24) is 0 Å². The molecule has 2 rings (SSSR count). The first kappa shape index (κ1) is 19.5. The molecule has 0 aliphatic carbocycles. The Labute approximate surface area is 141 Å². The molecule has 0 saturated carbocycles. The van der Waals surface area contributed by atoms with Crippen molar-refractivity contribution in [2.45, 2.75) is 0 Å². The summed E-state index contributed by atoms with van der Waals surface area (Å²) in [6.45, 7) is 0. The van der Waals surface area contributed by atoms with Crippen LogP contribution in [0.15, 0.2) is 48.5 Å². The summed E-state index contributed by atoms with van der Waals surface area (Å²) < 4.78 is 0. The van der Waals surface area contributed by atoms with E-state index in [0.717, 1.165) is 0 Å². The molecule has 114 valence electrons. The van der Waals surface area contributed by atoms with Crippen LogP contribution in [0.1, 0.15) is 20.7 Å². The van der Waals surface area contributed by atoms with Gasteiger partial charge >= 0.3 is 11.9 Å². The van der Waals surface area contributed by atoms with Gasteiger partial charge in [-0.15, -0.1) is 0 Å². The van der Waals surface area contributed by atoms with Gasteiger partial charge in [-0.25, -0.2) is 9.59 Å². The summed E-state index contributed by atoms with van der Waals surface area (Å²) in [7, 11) is 0. The van der Waals surface area contributed by atoms with E-state index in [9.17, 15) is 9.59 Å². The molecule has 0 saturated heterocycles. The molecule has 4 nitrogen and oxygen atoms in total. The third kappa shape index (κ3) is 6.17. The number of hydrogen-bond acceptors (Lipinski definition) is 2. The van der Waals surface area contributed by atoms with Gasteiger partial charge < -0.3 is 10.2 Å². The second-order valence-electron chi connectivity index (χ2n) is 3.57. The van der Waals surface area contributed by atoms with Crippen LogP contribution in [0, 0.1) is 0 Å². The number of hydrogen-bond donors (Lipinski definition) is 2. The van der Waals surface area contributed by atoms with E-state index < -0.39 is 11.9 Å². The first-order chi connectivity index (χ1) is 9.43. The largest absolute Gasteiger partial charge is 0.478 e. The summed E-state index contributed by atoms with van der Waals surface area (Å²) in [4.78, 5) is 20.7. The Morgan fingerprint density at radius 1 is 0.714 bits per heavy atom. The van der Waals surface area contributed by atoms with Gasteiger partial charge in [-0.1, -0.05) is 47.5 Å². The minimum atomic E-state index is -0.995. The van der Waals surface area contributed by atoms with Crippen LogP contribution in [0.5, 0.6) is 0 Å². The summed E-state index contributed by atoms with van der Waals surface area (Å²) in [5, 5.41) is 17.5. The number of halogens is 2. The van der Waals surface area contributed by atoms with Crippen LogP contribution in [-0.2, 0) is 16.5 Å². The standard InChI is InChI=1S/2C7H5ClO2.Ni/c2*8-6-4-2-1-3-5(6)7(9)10;/h2*1-4H,(H,9,10);. The van der Waals surface area contributed by atoms with Gasteiger partial charge in [0.15, 0.2) is 0 Å². The van der Waals surface area contributed by atoms with Crippen LogP contribution in [-0.4, -0.2) is 22.2 Å². The molecule has 0 bridgehead atoms. The Kier molecular flexibility index (Phi) is 8.71. The summed E-state index contributed by atoms with van der Waals surface area (Å²) in [5.41, 5.74) is 0.285. The number of aromatic carboxylic acids is 2. The zero-order valence-electron chi connectivity index (χ0n) is 10.4. The van der Waals surface area contributed by atoms with Crippen molar-refractivity contribution >= 4 is 35.1 Å². The van der Waals surface area contributed by atoms with E-state index in [4.69, 9.17) is 33.4 Å². The summed E-state index contributed by atoms with van der Waals surface area (Å²) in [6.07, 6.45) is 0. The molecular weight excluding hydrogens is 362 g/mol. The number of benzene rings is 2. The Balaban J connectivity index is 0.000000364. The van der Waals surface area contributed by atoms with Crippen molar-refractivity contribution in [3.63, 3.8) is 0 Å². The first-order valence-corrected chi connectivity index (χ1v) is 6.14. The number of carboxylic acid groups (broad SMARTS) is 2. The van der Waals surface area contributed by atoms with Crippen LogP contribution in [0.25, 0.3) is 0 Å². The molecule has 0 unspecified atom stereocenters. The van der Waals surface area contributed by atoms with E-state index in [0.29, 0.717) is 0 Å². The normalized spacial score (nSPS) is 8.86. The maximum absolute atomic E-state index is 10.3. The van der Waals surface area contributed by atoms with Crippen molar-refractivity contribution in [2.75, 3.05) is 0 Å². The van der Waals surface area contributed by atoms with Crippen molar-refractivity contribution in [3.05, 3.63) is 69.7 Å². The minimum absolute atomic E-state index is 0. The molecule has 0 heterocycles. The summed E-state index contributed by atoms with van der Waals surface area (Å²) in [5.74, 6) is -1.99. The zero-order chi connectivity index (χ0) is 15.1. The number of rotatable bonds is 2. The molecule has 0 radical (unpaired) electrons. The van der Waals surface area contributed by atoms with Crippen molar-refractivity contribution in [2.24, 2.45) is 0 Å². The van der Waals surface area contributed by atoms with E-state index in [1.165, 1.54) is 12.1 Å². The molecule has 2 N–H and O–H groups in total. The van der Waals surface area contributed by atoms with Crippen LogP contribution in [0.2, 0.25) is 10.0 Å². The molecule has 0 fully saturated rings. The quantitative estimate of drug-likeness (QED) is 0.780. The molecule has 0 atom stereocenters. The average molecular weight is 372 g/mol. The van der Waals surface area contributed by atoms with E-state index >= 15 is 0 Å². The van der Waals surface area contributed by atoms with E-state index in [1.807, 2.05) is 0 Å². The summed E-state index contributed by atoms with van der Waals surface area (Å²) in [6, 6.07) is 12.7. The van der Waals surface area contributed by atoms with E-state index in [2.05, 4.69) is 0 Å². The van der Waals surface area contributed by atoms with Gasteiger partial charge in [0.1, 0.15) is 0 Å². The number of carboxylic acids is 2. The predicted octanol–water partition coefficient (Wildman–Crippen LogP) is 4.07. The Hall–Kier alpha value is -1.55. The second kappa shape index (κ2) is 9.40. The van der Waals surface area contributed by atoms with Crippen molar-refractivity contribution < 1.29 is 36.3 Å². The Morgan fingerprint density at radius 2 is 1.00 bits per heavy atom. The summed E-state index contributed by atoms with van der Waals surface area (Å²) >= 11 is 11.1. The molecule has 21 heavy (non-hydrogen) atoms. The van der Waals surface area contributed by atoms with Crippen molar-refractivity contribution in [1.29, 1.82) is 0 Å². The van der Waals surface area contributed by atoms with Gasteiger partial charge in [-0.3, -0.25) is 0 Å². The van der Waals surface area contributed by atoms with Crippen LogP contribution in [0.3, 0.4) is 0 Å². The molecule has 0 aliphatic heterocycles. The van der Waals surface area contributed by atoms with Crippen LogP contribution >= 0.6 is 23.2 Å². The Bertz CT molecular complexity index is 576. The Morgan fingerprint density at radius 3 is 1.19 bits per heavy atom. The fourth-order valence-corrected chi connectivity index (χ4v) is 1.70. The smallest absolute Gasteiger partial charge is 0.337 e. The predicted molar refractivity (Wildman–Crippen MR) is 76.8 cm³/mol. The number of carbonyl (C=O) groups is 2. The van der Waals surface area contributed by atoms with E-state index in [1.54, 1.807) is 36.4 Å². The molecule has 0 amide bonds. The van der Waals surface area contributed by atoms with Gasteiger partial charge in [-0.2, -0.15) is 0 Å². The third-order valence-electron chi connectivity index (χ3n) is 2.21. The van der Waals surface area contributed by atoms with Gasteiger partial charge in [0.25, 0.3) is 0 Å². The molecule has 2 aromatic rings. The zero-order valence-corrected chi connectivity index (χ0v) is 12.9. The van der Waals surface area contributed by atoms with Gasteiger partial charge in [0, 0.05) is 16.5 Å². The monoisotopic (exact) mass is 370 g/mol.